The molecule has 1 aliphatic rings. The topological polar surface area (TPSA) is 50.5 Å². The van der Waals surface area contributed by atoms with E-state index in [0.717, 1.165) is 11.5 Å². The molecule has 1 fully saturated rings. The summed E-state index contributed by atoms with van der Waals surface area (Å²) in [6.45, 7) is 4.53. The molecule has 0 atom stereocenters. The Bertz CT molecular complexity index is 533. The molecule has 0 spiro atoms. The van der Waals surface area contributed by atoms with Gasteiger partial charge >= 0.3 is 0 Å². The Labute approximate surface area is 117 Å². The number of rotatable bonds is 3. The maximum atomic E-state index is 12.6. The Balaban J connectivity index is 2.46. The molecule has 1 aromatic heterocycles. The van der Waals surface area contributed by atoms with E-state index in [0.29, 0.717) is 30.2 Å². The first-order chi connectivity index (χ1) is 8.48. The van der Waals surface area contributed by atoms with Gasteiger partial charge in [0.1, 0.15) is 16.4 Å². The van der Waals surface area contributed by atoms with Gasteiger partial charge in [0, 0.05) is 30.2 Å². The molecule has 0 saturated carbocycles. The third-order valence-electron chi connectivity index (χ3n) is 3.03. The average Bonchev–Trinajstić information content (AvgIpc) is 2.65. The summed E-state index contributed by atoms with van der Waals surface area (Å²) in [7, 11) is -3.47. The maximum Gasteiger partial charge on any atom is 0.246 e. The van der Waals surface area contributed by atoms with Crippen molar-refractivity contribution in [3.8, 4) is 0 Å². The van der Waals surface area contributed by atoms with Crippen LogP contribution in [0.15, 0.2) is 9.31 Å². The number of halogens is 1. The highest BCUT2D eigenvalue weighted by molar-refractivity contribution is 7.99. The Hall–Kier alpha value is -0.170. The zero-order chi connectivity index (χ0) is 13.3. The van der Waals surface area contributed by atoms with Gasteiger partial charge in [-0.1, -0.05) is 0 Å². The van der Waals surface area contributed by atoms with Crippen molar-refractivity contribution >= 4 is 33.4 Å². The van der Waals surface area contributed by atoms with Crippen LogP contribution >= 0.6 is 23.4 Å². The lowest BCUT2D eigenvalue weighted by atomic mass is 10.3. The van der Waals surface area contributed by atoms with E-state index < -0.39 is 10.0 Å². The molecule has 18 heavy (non-hydrogen) atoms. The highest BCUT2D eigenvalue weighted by Gasteiger charge is 2.32. The van der Waals surface area contributed by atoms with Crippen LogP contribution in [0, 0.1) is 13.8 Å². The Morgan fingerprint density at radius 1 is 1.28 bits per heavy atom. The highest BCUT2D eigenvalue weighted by Crippen LogP contribution is 2.31. The van der Waals surface area contributed by atoms with Gasteiger partial charge in [-0.15, -0.1) is 11.6 Å². The first-order valence-corrected chi connectivity index (χ1v) is 8.84. The molecule has 1 aromatic rings. The van der Waals surface area contributed by atoms with Gasteiger partial charge in [0.25, 0.3) is 0 Å². The van der Waals surface area contributed by atoms with Crippen molar-refractivity contribution in [2.24, 2.45) is 0 Å². The Kier molecular flexibility index (Phi) is 4.31. The lowest BCUT2D eigenvalue weighted by Gasteiger charge is -2.25. The number of aryl methyl sites for hydroxylation is 2. The van der Waals surface area contributed by atoms with Crippen LogP contribution in [0.4, 0.5) is 0 Å². The molecule has 1 saturated heterocycles. The lowest BCUT2D eigenvalue weighted by molar-refractivity contribution is 0.439. The quantitative estimate of drug-likeness (QED) is 0.804. The first-order valence-electron chi connectivity index (χ1n) is 5.71. The van der Waals surface area contributed by atoms with Gasteiger partial charge in [-0.25, -0.2) is 8.42 Å². The second-order valence-corrected chi connectivity index (χ2v) is 7.54. The minimum Gasteiger partial charge on any atom is -0.465 e. The SMILES string of the molecule is Cc1oc(C)c(S(=O)(=O)N2CCSCC2)c1CCl. The molecule has 7 heteroatoms. The summed E-state index contributed by atoms with van der Waals surface area (Å²) in [5.41, 5.74) is 0.590. The van der Waals surface area contributed by atoms with E-state index in [1.807, 2.05) is 0 Å². The minimum atomic E-state index is -3.47. The van der Waals surface area contributed by atoms with Crippen molar-refractivity contribution < 1.29 is 12.8 Å². The van der Waals surface area contributed by atoms with Gasteiger partial charge in [0.05, 0.1) is 5.88 Å². The number of thioether (sulfide) groups is 1. The van der Waals surface area contributed by atoms with Crippen LogP contribution in [0.1, 0.15) is 17.1 Å². The Morgan fingerprint density at radius 2 is 1.89 bits per heavy atom. The van der Waals surface area contributed by atoms with E-state index in [9.17, 15) is 8.42 Å². The van der Waals surface area contributed by atoms with E-state index in [1.165, 1.54) is 4.31 Å². The first kappa shape index (κ1) is 14.2. The average molecular weight is 310 g/mol. The molecule has 1 aliphatic heterocycles. The third kappa shape index (κ3) is 2.43. The molecule has 0 radical (unpaired) electrons. The molecule has 0 amide bonds. The van der Waals surface area contributed by atoms with Crippen LogP contribution in [-0.2, 0) is 15.9 Å². The van der Waals surface area contributed by atoms with Gasteiger partial charge in [0.15, 0.2) is 0 Å². The fraction of sp³-hybridized carbons (Fsp3) is 0.636. The predicted octanol–water partition coefficient (Wildman–Crippen LogP) is 2.37. The summed E-state index contributed by atoms with van der Waals surface area (Å²) in [6, 6.07) is 0. The molecule has 2 rings (SSSR count). The van der Waals surface area contributed by atoms with Gasteiger partial charge in [-0.3, -0.25) is 0 Å². The van der Waals surface area contributed by atoms with Crippen LogP contribution in [0.2, 0.25) is 0 Å². The smallest absolute Gasteiger partial charge is 0.246 e. The highest BCUT2D eigenvalue weighted by atomic mass is 35.5. The van der Waals surface area contributed by atoms with E-state index >= 15 is 0 Å². The number of nitrogens with zero attached hydrogens (tertiary/aromatic N) is 1. The zero-order valence-corrected chi connectivity index (χ0v) is 12.8. The number of hydrogen-bond donors (Lipinski definition) is 0. The van der Waals surface area contributed by atoms with E-state index in [4.69, 9.17) is 16.0 Å². The molecular weight excluding hydrogens is 294 g/mol. The van der Waals surface area contributed by atoms with Gasteiger partial charge in [-0.05, 0) is 13.8 Å². The predicted molar refractivity (Wildman–Crippen MR) is 73.8 cm³/mol. The summed E-state index contributed by atoms with van der Waals surface area (Å²) in [6.07, 6.45) is 0. The minimum absolute atomic E-state index is 0.153. The van der Waals surface area contributed by atoms with Gasteiger partial charge < -0.3 is 4.42 Å². The number of alkyl halides is 1. The molecule has 0 unspecified atom stereocenters. The third-order valence-corrected chi connectivity index (χ3v) is 6.33. The number of furan rings is 1. The second-order valence-electron chi connectivity index (χ2n) is 4.17. The summed E-state index contributed by atoms with van der Waals surface area (Å²) in [5.74, 6) is 2.85. The molecular formula is C11H16ClNO3S2. The van der Waals surface area contributed by atoms with E-state index in [-0.39, 0.29) is 10.8 Å². The summed E-state index contributed by atoms with van der Waals surface area (Å²) >= 11 is 7.62. The van der Waals surface area contributed by atoms with Crippen molar-refractivity contribution in [1.82, 2.24) is 4.31 Å². The van der Waals surface area contributed by atoms with Crippen molar-refractivity contribution in [1.29, 1.82) is 0 Å². The summed E-state index contributed by atoms with van der Waals surface area (Å²) in [5, 5.41) is 0. The second kappa shape index (κ2) is 5.45. The summed E-state index contributed by atoms with van der Waals surface area (Å²) in [4.78, 5) is 0.266. The van der Waals surface area contributed by atoms with Gasteiger partial charge in [-0.2, -0.15) is 16.1 Å². The summed E-state index contributed by atoms with van der Waals surface area (Å²) < 4.78 is 32.1. The largest absolute Gasteiger partial charge is 0.465 e. The van der Waals surface area contributed by atoms with Crippen LogP contribution in [0.3, 0.4) is 0 Å². The lowest BCUT2D eigenvalue weighted by Crippen LogP contribution is -2.38. The van der Waals surface area contributed by atoms with E-state index in [2.05, 4.69) is 0 Å². The standard InChI is InChI=1S/C11H16ClNO3S2/c1-8-10(7-12)11(9(2)16-8)18(14,15)13-3-5-17-6-4-13/h3-7H2,1-2H3. The number of sulfonamides is 1. The molecule has 4 nitrogen and oxygen atoms in total. The van der Waals surface area contributed by atoms with Crippen LogP contribution in [0.5, 0.6) is 0 Å². The van der Waals surface area contributed by atoms with Crippen molar-refractivity contribution in [3.63, 3.8) is 0 Å². The normalized spacial score (nSPS) is 18.2. The van der Waals surface area contributed by atoms with E-state index in [1.54, 1.807) is 25.6 Å². The molecule has 2 heterocycles. The van der Waals surface area contributed by atoms with Crippen LogP contribution in [-0.4, -0.2) is 37.3 Å². The molecule has 0 aromatic carbocycles. The molecule has 102 valence electrons. The molecule has 0 bridgehead atoms. The van der Waals surface area contributed by atoms with Gasteiger partial charge in [0.2, 0.25) is 10.0 Å². The van der Waals surface area contributed by atoms with Crippen LogP contribution < -0.4 is 0 Å². The molecule has 0 N–H and O–H groups in total. The zero-order valence-electron chi connectivity index (χ0n) is 10.4. The van der Waals surface area contributed by atoms with Crippen molar-refractivity contribution in [2.45, 2.75) is 24.6 Å². The fourth-order valence-electron chi connectivity index (χ4n) is 2.12. The fourth-order valence-corrected chi connectivity index (χ4v) is 5.51. The molecule has 0 aliphatic carbocycles. The van der Waals surface area contributed by atoms with Crippen molar-refractivity contribution in [2.75, 3.05) is 24.6 Å². The van der Waals surface area contributed by atoms with Crippen LogP contribution in [0.25, 0.3) is 0 Å². The monoisotopic (exact) mass is 309 g/mol. The Morgan fingerprint density at radius 3 is 2.44 bits per heavy atom. The maximum absolute atomic E-state index is 12.6. The van der Waals surface area contributed by atoms with Crippen molar-refractivity contribution in [3.05, 3.63) is 17.1 Å². The number of hydrogen-bond acceptors (Lipinski definition) is 4.